The average Bonchev–Trinajstić information content (AvgIpc) is 3.31. The van der Waals surface area contributed by atoms with Crippen molar-refractivity contribution in [1.82, 2.24) is 4.57 Å². The number of nitrogens with zero attached hydrogens (tertiary/aromatic N) is 2. The molecule has 2 aromatic rings. The molecular weight excluding hydrogens is 413 g/mol. The summed E-state index contributed by atoms with van der Waals surface area (Å²) in [5.41, 5.74) is 0.393. The first-order chi connectivity index (χ1) is 15.1. The van der Waals surface area contributed by atoms with E-state index >= 15 is 0 Å². The van der Waals surface area contributed by atoms with Crippen LogP contribution in [0.4, 0.5) is 15.8 Å². The van der Waals surface area contributed by atoms with Crippen LogP contribution in [-0.2, 0) is 16.6 Å². The predicted octanol–water partition coefficient (Wildman–Crippen LogP) is 3.77. The van der Waals surface area contributed by atoms with E-state index in [-0.39, 0.29) is 35.7 Å². The molecule has 3 rings (SSSR count). The van der Waals surface area contributed by atoms with Gasteiger partial charge >= 0.3 is 0 Å². The normalized spacial score (nSPS) is 17.4. The maximum absolute atomic E-state index is 13.6. The number of rotatable bonds is 6. The Morgan fingerprint density at radius 2 is 2.09 bits per heavy atom. The Morgan fingerprint density at radius 3 is 2.69 bits per heavy atom. The SMILES string of the molecule is [C-]#[N+]c1cc(NC(=O)c2c(C)c(C(=O)C(=O)C[C@@]3(C#C)CCOC3)c(C)n2C)ccc1F. The smallest absolute Gasteiger partial charge is 0.272 e. The van der Waals surface area contributed by atoms with Crippen LogP contribution in [0.25, 0.3) is 4.85 Å². The minimum Gasteiger partial charge on any atom is -0.380 e. The van der Waals surface area contributed by atoms with Crippen LogP contribution < -0.4 is 5.32 Å². The fourth-order valence-electron chi connectivity index (χ4n) is 3.94. The molecular formula is C24H22FN3O4. The highest BCUT2D eigenvalue weighted by Crippen LogP contribution is 2.33. The molecule has 164 valence electrons. The molecule has 1 aliphatic heterocycles. The molecule has 1 aromatic heterocycles. The van der Waals surface area contributed by atoms with Crippen LogP contribution in [0.2, 0.25) is 0 Å². The molecule has 8 heteroatoms. The molecule has 0 saturated carbocycles. The first-order valence-corrected chi connectivity index (χ1v) is 9.91. The van der Waals surface area contributed by atoms with E-state index in [9.17, 15) is 18.8 Å². The van der Waals surface area contributed by atoms with Crippen molar-refractivity contribution in [2.75, 3.05) is 18.5 Å². The van der Waals surface area contributed by atoms with Crippen LogP contribution in [-0.4, -0.2) is 35.3 Å². The molecule has 1 amide bonds. The molecule has 1 N–H and O–H groups in total. The number of ether oxygens (including phenoxy) is 1. The number of benzene rings is 1. The Morgan fingerprint density at radius 1 is 1.38 bits per heavy atom. The quantitative estimate of drug-likeness (QED) is 0.324. The highest BCUT2D eigenvalue weighted by Gasteiger charge is 2.38. The number of aromatic nitrogens is 1. The maximum Gasteiger partial charge on any atom is 0.272 e. The van der Waals surface area contributed by atoms with Gasteiger partial charge in [0.1, 0.15) is 11.5 Å². The average molecular weight is 435 g/mol. The molecule has 2 heterocycles. The Bertz CT molecular complexity index is 1210. The molecule has 1 atom stereocenters. The molecule has 1 aromatic carbocycles. The first kappa shape index (κ1) is 22.9. The van der Waals surface area contributed by atoms with E-state index in [1.54, 1.807) is 20.9 Å². The zero-order valence-corrected chi connectivity index (χ0v) is 18.0. The van der Waals surface area contributed by atoms with E-state index in [0.29, 0.717) is 24.3 Å². The summed E-state index contributed by atoms with van der Waals surface area (Å²) in [5, 5.41) is 2.62. The summed E-state index contributed by atoms with van der Waals surface area (Å²) in [4.78, 5) is 41.8. The number of Topliss-reactive ketones (excluding diaryl/α,β-unsaturated/α-hetero) is 2. The van der Waals surface area contributed by atoms with Crippen molar-refractivity contribution in [3.63, 3.8) is 0 Å². The topological polar surface area (TPSA) is 81.8 Å². The van der Waals surface area contributed by atoms with Crippen LogP contribution in [0.1, 0.15) is 44.9 Å². The molecule has 1 saturated heterocycles. The number of hydrogen-bond donors (Lipinski definition) is 1. The zero-order chi connectivity index (χ0) is 23.6. The number of terminal acetylenes is 1. The van der Waals surface area contributed by atoms with Crippen molar-refractivity contribution in [3.05, 3.63) is 57.9 Å². The highest BCUT2D eigenvalue weighted by atomic mass is 19.1. The summed E-state index contributed by atoms with van der Waals surface area (Å²) in [6.07, 6.45) is 5.98. The van der Waals surface area contributed by atoms with Gasteiger partial charge in [0.15, 0.2) is 0 Å². The molecule has 32 heavy (non-hydrogen) atoms. The second-order valence-electron chi connectivity index (χ2n) is 7.88. The van der Waals surface area contributed by atoms with Gasteiger partial charge in [-0.1, -0.05) is 5.92 Å². The van der Waals surface area contributed by atoms with Crippen molar-refractivity contribution < 1.29 is 23.5 Å². The molecule has 1 fully saturated rings. The Labute approximate surface area is 185 Å². The zero-order valence-electron chi connectivity index (χ0n) is 18.0. The number of hydrogen-bond acceptors (Lipinski definition) is 4. The summed E-state index contributed by atoms with van der Waals surface area (Å²) in [5.74, 6) is 0.0392. The number of halogens is 1. The van der Waals surface area contributed by atoms with Crippen molar-refractivity contribution in [1.29, 1.82) is 0 Å². The van der Waals surface area contributed by atoms with Crippen LogP contribution in [0.5, 0.6) is 0 Å². The van der Waals surface area contributed by atoms with E-state index in [2.05, 4.69) is 16.1 Å². The lowest BCUT2D eigenvalue weighted by molar-refractivity contribution is -0.116. The molecule has 0 spiro atoms. The van der Waals surface area contributed by atoms with Gasteiger partial charge in [-0.15, -0.1) is 6.42 Å². The minimum absolute atomic E-state index is 0.118. The van der Waals surface area contributed by atoms with Gasteiger partial charge in [-0.2, -0.15) is 0 Å². The molecule has 0 bridgehead atoms. The lowest BCUT2D eigenvalue weighted by Gasteiger charge is -2.18. The summed E-state index contributed by atoms with van der Waals surface area (Å²) < 4.78 is 20.4. The van der Waals surface area contributed by atoms with Gasteiger partial charge in [-0.3, -0.25) is 14.4 Å². The second-order valence-corrected chi connectivity index (χ2v) is 7.88. The summed E-state index contributed by atoms with van der Waals surface area (Å²) in [6.45, 7) is 10.9. The minimum atomic E-state index is -0.785. The van der Waals surface area contributed by atoms with Crippen molar-refractivity contribution in [3.8, 4) is 12.3 Å². The standard InChI is InChI=1S/C24H22FN3O4/c1-6-24(9-10-32-13-24)12-19(29)22(30)20-14(2)21(28(5)15(20)3)23(31)27-16-7-8-17(25)18(11-16)26-4/h1,7-8,11H,9-10,12-13H2,2-3,5H3,(H,27,31)/t24-/m1/s1. The van der Waals surface area contributed by atoms with Gasteiger partial charge in [0.05, 0.1) is 24.2 Å². The van der Waals surface area contributed by atoms with Crippen molar-refractivity contribution in [2.45, 2.75) is 26.7 Å². The number of anilines is 1. The monoisotopic (exact) mass is 435 g/mol. The van der Waals surface area contributed by atoms with Crippen molar-refractivity contribution in [2.24, 2.45) is 12.5 Å². The third-order valence-corrected chi connectivity index (χ3v) is 5.86. The lowest BCUT2D eigenvalue weighted by Crippen LogP contribution is -2.27. The van der Waals surface area contributed by atoms with Crippen LogP contribution in [0.3, 0.4) is 0 Å². The number of carbonyl (C=O) groups excluding carboxylic acids is 3. The van der Waals surface area contributed by atoms with Gasteiger partial charge < -0.3 is 14.6 Å². The lowest BCUT2D eigenvalue weighted by atomic mass is 9.81. The fraction of sp³-hybridized carbons (Fsp3) is 0.333. The molecule has 0 radical (unpaired) electrons. The Kier molecular flexibility index (Phi) is 6.29. The van der Waals surface area contributed by atoms with E-state index in [1.165, 1.54) is 16.7 Å². The summed E-state index contributed by atoms with van der Waals surface area (Å²) in [7, 11) is 1.61. The Balaban J connectivity index is 1.89. The van der Waals surface area contributed by atoms with Gasteiger partial charge in [0.2, 0.25) is 17.3 Å². The molecule has 0 unspecified atom stereocenters. The van der Waals surface area contributed by atoms with E-state index in [4.69, 9.17) is 17.7 Å². The third-order valence-electron chi connectivity index (χ3n) is 5.86. The highest BCUT2D eigenvalue weighted by molar-refractivity contribution is 6.44. The van der Waals surface area contributed by atoms with Gasteiger partial charge in [0.25, 0.3) is 5.91 Å². The van der Waals surface area contributed by atoms with E-state index in [0.717, 1.165) is 6.07 Å². The van der Waals surface area contributed by atoms with Crippen LogP contribution in [0, 0.1) is 44.0 Å². The molecule has 1 aliphatic rings. The number of carbonyl (C=O) groups is 3. The third kappa shape index (κ3) is 4.05. The van der Waals surface area contributed by atoms with Gasteiger partial charge in [0, 0.05) is 31.5 Å². The van der Waals surface area contributed by atoms with E-state index < -0.39 is 28.7 Å². The first-order valence-electron chi connectivity index (χ1n) is 9.91. The van der Waals surface area contributed by atoms with Crippen molar-refractivity contribution >= 4 is 28.8 Å². The fourth-order valence-corrected chi connectivity index (χ4v) is 3.94. The van der Waals surface area contributed by atoms with Gasteiger partial charge in [-0.25, -0.2) is 9.24 Å². The van der Waals surface area contributed by atoms with Crippen LogP contribution in [0.15, 0.2) is 18.2 Å². The van der Waals surface area contributed by atoms with Crippen LogP contribution >= 0.6 is 0 Å². The number of nitrogens with one attached hydrogen (secondary N) is 1. The number of ketones is 2. The molecule has 7 nitrogen and oxygen atoms in total. The van der Waals surface area contributed by atoms with Gasteiger partial charge in [-0.05, 0) is 44.0 Å². The largest absolute Gasteiger partial charge is 0.380 e. The van der Waals surface area contributed by atoms with E-state index in [1.807, 2.05) is 0 Å². The second kappa shape index (κ2) is 8.78. The molecule has 0 aliphatic carbocycles. The number of amides is 1. The maximum atomic E-state index is 13.6. The summed E-state index contributed by atoms with van der Waals surface area (Å²) >= 11 is 0. The Hall–Kier alpha value is -3.75. The predicted molar refractivity (Wildman–Crippen MR) is 116 cm³/mol. The summed E-state index contributed by atoms with van der Waals surface area (Å²) in [6, 6.07) is 3.66.